The summed E-state index contributed by atoms with van der Waals surface area (Å²) in [6, 6.07) is 5.05. The molecule has 8 heteroatoms. The molecule has 0 aliphatic rings. The number of benzene rings is 1. The van der Waals surface area contributed by atoms with E-state index >= 15 is 0 Å². The molecular formula is C18H28N4O4. The van der Waals surface area contributed by atoms with Gasteiger partial charge in [-0.2, -0.15) is 0 Å². The van der Waals surface area contributed by atoms with Gasteiger partial charge in [0, 0.05) is 44.9 Å². The standard InChI is InChI=1S/C10H14N2O.C8H14N2O3/c1-8-9(7-13)3-2-4-10(8)12-6-5-11;1-9-8(13)7(4-3-5-11)10(2)6-12/h2-4,7,12H,5-6,11H2,1H3;5-7H,3-4H2,1-2H3,(H,9,13). The van der Waals surface area contributed by atoms with Crippen molar-refractivity contribution in [2.45, 2.75) is 25.8 Å². The van der Waals surface area contributed by atoms with Gasteiger partial charge >= 0.3 is 0 Å². The summed E-state index contributed by atoms with van der Waals surface area (Å²) in [7, 11) is 3.01. The Morgan fingerprint density at radius 3 is 2.50 bits per heavy atom. The largest absolute Gasteiger partial charge is 0.384 e. The third-order valence-electron chi connectivity index (χ3n) is 3.73. The second-order valence-electron chi connectivity index (χ2n) is 5.50. The van der Waals surface area contributed by atoms with E-state index in [1.165, 1.54) is 19.0 Å². The van der Waals surface area contributed by atoms with Crippen LogP contribution < -0.4 is 16.4 Å². The SMILES string of the molecule is CNC(=O)C(CCC=O)N(C)C=O.Cc1c(C=O)cccc1NCCN. The number of carbonyl (C=O) groups excluding carboxylic acids is 4. The first-order valence-electron chi connectivity index (χ1n) is 8.27. The van der Waals surface area contributed by atoms with Gasteiger partial charge in [-0.1, -0.05) is 12.1 Å². The fraction of sp³-hybridized carbons (Fsp3) is 0.444. The molecule has 0 radical (unpaired) electrons. The number of aldehydes is 2. The van der Waals surface area contributed by atoms with E-state index < -0.39 is 6.04 Å². The van der Waals surface area contributed by atoms with Gasteiger partial charge in [-0.05, 0) is 25.0 Å². The Bertz CT molecular complexity index is 593. The number of anilines is 1. The van der Waals surface area contributed by atoms with Gasteiger partial charge in [-0.25, -0.2) is 0 Å². The van der Waals surface area contributed by atoms with Gasteiger partial charge in [0.25, 0.3) is 0 Å². The summed E-state index contributed by atoms with van der Waals surface area (Å²) in [4.78, 5) is 43.5. The molecule has 1 atom stereocenters. The normalized spacial score (nSPS) is 10.6. The lowest BCUT2D eigenvalue weighted by molar-refractivity contribution is -0.131. The molecule has 0 heterocycles. The van der Waals surface area contributed by atoms with E-state index in [1.54, 1.807) is 6.07 Å². The van der Waals surface area contributed by atoms with Crippen LogP contribution in [0.25, 0.3) is 0 Å². The molecule has 0 aliphatic carbocycles. The summed E-state index contributed by atoms with van der Waals surface area (Å²) in [5, 5.41) is 5.59. The van der Waals surface area contributed by atoms with Crippen molar-refractivity contribution in [2.75, 3.05) is 32.5 Å². The van der Waals surface area contributed by atoms with Crippen molar-refractivity contribution in [3.05, 3.63) is 29.3 Å². The van der Waals surface area contributed by atoms with Crippen LogP contribution in [0.15, 0.2) is 18.2 Å². The Kier molecular flexibility index (Phi) is 12.1. The predicted octanol–water partition coefficient (Wildman–Crippen LogP) is 0.346. The Morgan fingerprint density at radius 1 is 1.31 bits per heavy atom. The van der Waals surface area contributed by atoms with Crippen LogP contribution in [0.1, 0.15) is 28.8 Å². The molecule has 0 saturated heterocycles. The van der Waals surface area contributed by atoms with Crippen LogP contribution in [0.4, 0.5) is 5.69 Å². The fourth-order valence-electron chi connectivity index (χ4n) is 2.17. The molecule has 26 heavy (non-hydrogen) atoms. The average molecular weight is 364 g/mol. The quantitative estimate of drug-likeness (QED) is 0.515. The summed E-state index contributed by atoms with van der Waals surface area (Å²) in [6.07, 6.45) is 2.80. The lowest BCUT2D eigenvalue weighted by Crippen LogP contribution is -2.43. The van der Waals surface area contributed by atoms with Crippen LogP contribution in [-0.2, 0) is 14.4 Å². The molecule has 0 bridgehead atoms. The van der Waals surface area contributed by atoms with E-state index in [2.05, 4.69) is 10.6 Å². The van der Waals surface area contributed by atoms with Crippen LogP contribution in [-0.4, -0.2) is 63.0 Å². The summed E-state index contributed by atoms with van der Waals surface area (Å²) in [6.45, 7) is 3.23. The predicted molar refractivity (Wildman–Crippen MR) is 101 cm³/mol. The Morgan fingerprint density at radius 2 is 2.00 bits per heavy atom. The molecular weight excluding hydrogens is 336 g/mol. The number of hydrogen-bond donors (Lipinski definition) is 3. The maximum atomic E-state index is 11.2. The van der Waals surface area contributed by atoms with Gasteiger partial charge in [0.1, 0.15) is 18.6 Å². The average Bonchev–Trinajstić information content (AvgIpc) is 2.67. The molecule has 1 unspecified atom stereocenters. The van der Waals surface area contributed by atoms with Gasteiger partial charge in [-0.15, -0.1) is 0 Å². The smallest absolute Gasteiger partial charge is 0.242 e. The molecule has 0 saturated carbocycles. The van der Waals surface area contributed by atoms with Gasteiger partial charge in [0.05, 0.1) is 0 Å². The summed E-state index contributed by atoms with van der Waals surface area (Å²) in [5.74, 6) is -0.253. The molecule has 0 spiro atoms. The topological polar surface area (TPSA) is 122 Å². The van der Waals surface area contributed by atoms with E-state index in [0.717, 1.165) is 35.9 Å². The van der Waals surface area contributed by atoms with Crippen molar-refractivity contribution in [3.8, 4) is 0 Å². The minimum atomic E-state index is -0.548. The van der Waals surface area contributed by atoms with Gasteiger partial charge in [-0.3, -0.25) is 14.4 Å². The third-order valence-corrected chi connectivity index (χ3v) is 3.73. The van der Waals surface area contributed by atoms with Crippen LogP contribution in [0.5, 0.6) is 0 Å². The van der Waals surface area contributed by atoms with Crippen molar-refractivity contribution < 1.29 is 19.2 Å². The molecule has 1 aromatic rings. The molecule has 1 aromatic carbocycles. The lowest BCUT2D eigenvalue weighted by atomic mass is 10.1. The number of nitrogens with two attached hydrogens (primary N) is 1. The molecule has 4 N–H and O–H groups in total. The molecule has 0 aliphatic heterocycles. The van der Waals surface area contributed by atoms with E-state index in [-0.39, 0.29) is 12.3 Å². The third kappa shape index (κ3) is 7.89. The zero-order valence-corrected chi connectivity index (χ0v) is 15.5. The first-order chi connectivity index (χ1) is 12.5. The minimum absolute atomic E-state index is 0.253. The van der Waals surface area contributed by atoms with E-state index in [9.17, 15) is 19.2 Å². The number of nitrogens with one attached hydrogen (secondary N) is 2. The lowest BCUT2D eigenvalue weighted by Gasteiger charge is -2.21. The highest BCUT2D eigenvalue weighted by molar-refractivity contribution is 5.83. The van der Waals surface area contributed by atoms with Crippen LogP contribution in [0.2, 0.25) is 0 Å². The van der Waals surface area contributed by atoms with Gasteiger partial charge in [0.15, 0.2) is 0 Å². The maximum absolute atomic E-state index is 11.2. The molecule has 2 amide bonds. The Balaban J connectivity index is 0.000000481. The highest BCUT2D eigenvalue weighted by atomic mass is 16.2. The zero-order valence-electron chi connectivity index (χ0n) is 15.5. The Labute approximate surface area is 154 Å². The summed E-state index contributed by atoms with van der Waals surface area (Å²) in [5.41, 5.74) is 8.05. The van der Waals surface area contributed by atoms with Crippen molar-refractivity contribution in [3.63, 3.8) is 0 Å². The first kappa shape index (κ1) is 23.3. The fourth-order valence-corrected chi connectivity index (χ4v) is 2.17. The van der Waals surface area contributed by atoms with Gasteiger partial charge in [0.2, 0.25) is 12.3 Å². The van der Waals surface area contributed by atoms with Crippen molar-refractivity contribution >= 4 is 30.6 Å². The highest BCUT2D eigenvalue weighted by Crippen LogP contribution is 2.16. The number of nitrogens with zero attached hydrogens (tertiary/aromatic N) is 1. The maximum Gasteiger partial charge on any atom is 0.242 e. The second-order valence-corrected chi connectivity index (χ2v) is 5.50. The van der Waals surface area contributed by atoms with Crippen molar-refractivity contribution in [1.82, 2.24) is 10.2 Å². The number of carbonyl (C=O) groups is 4. The second kappa shape index (κ2) is 13.5. The number of amides is 2. The Hall–Kier alpha value is -2.74. The highest BCUT2D eigenvalue weighted by Gasteiger charge is 2.20. The number of rotatable bonds is 10. The van der Waals surface area contributed by atoms with Crippen LogP contribution in [0, 0.1) is 6.92 Å². The summed E-state index contributed by atoms with van der Waals surface area (Å²) >= 11 is 0. The number of likely N-dealkylation sites (N-methyl/N-ethyl adjacent to an activating group) is 2. The minimum Gasteiger partial charge on any atom is -0.384 e. The first-order valence-corrected chi connectivity index (χ1v) is 8.27. The van der Waals surface area contributed by atoms with Crippen LogP contribution in [0.3, 0.4) is 0 Å². The van der Waals surface area contributed by atoms with E-state index in [4.69, 9.17) is 5.73 Å². The van der Waals surface area contributed by atoms with E-state index in [0.29, 0.717) is 19.4 Å². The van der Waals surface area contributed by atoms with E-state index in [1.807, 2.05) is 19.1 Å². The molecule has 8 nitrogen and oxygen atoms in total. The molecule has 144 valence electrons. The van der Waals surface area contributed by atoms with Crippen LogP contribution >= 0.6 is 0 Å². The summed E-state index contributed by atoms with van der Waals surface area (Å²) < 4.78 is 0. The molecule has 1 rings (SSSR count). The van der Waals surface area contributed by atoms with Crippen molar-refractivity contribution in [1.29, 1.82) is 0 Å². The molecule has 0 aromatic heterocycles. The van der Waals surface area contributed by atoms with Crippen molar-refractivity contribution in [2.24, 2.45) is 5.73 Å². The number of hydrogen-bond acceptors (Lipinski definition) is 6. The monoisotopic (exact) mass is 364 g/mol. The molecule has 0 fully saturated rings. The van der Waals surface area contributed by atoms with Gasteiger partial charge < -0.3 is 26.1 Å². The zero-order chi connectivity index (χ0) is 19.9.